The third-order valence-corrected chi connectivity index (χ3v) is 23.8. The van der Waals surface area contributed by atoms with E-state index < -0.39 is 0 Å². The van der Waals surface area contributed by atoms with E-state index in [4.69, 9.17) is 4.98 Å². The fraction of sp³-hybridized carbons (Fsp3) is 0.0275. The summed E-state index contributed by atoms with van der Waals surface area (Å²) in [4.78, 5) is 9.66. The molecule has 0 spiro atoms. The Balaban J connectivity index is 0.000000125. The standard InChI is InChI=1S/C55H42N2.C35H21N3S.C19H16N/c1-41-21-31-49(32-22-41)56(50-33-23-44(24-34-50)42-13-5-2-6-14-42)51-35-25-46(26-36-51)47-29-39-53(40-30-47)57(52-37-27-45(28-38-52)43-15-7-3-8-16-43)55-20-12-11-19-54(55)48-17-9-4-10-18-48;1-5-13-29-23(9-1)24-10-2-6-14-30(24)37(29)22-17-18-33-28(21-22)27-19-20-36-35(34(27)39-33)38-31-15-7-3-11-25(31)26-12-4-8-16-32(26)38;1-14-11-19-17-10-6-5-9-16(17)12-20(19)13-18(14)15-7-3-2-4-8-15/h2-40H,1H3;1-21H;2-11,13H,12H2,1H3/q;;+1. The van der Waals surface area contributed by atoms with Crippen LogP contribution in [0, 0.1) is 13.8 Å². The van der Waals surface area contributed by atoms with Gasteiger partial charge >= 0.3 is 0 Å². The third-order valence-electron chi connectivity index (χ3n) is 22.6. The minimum absolute atomic E-state index is 0.978. The molecule has 21 aromatic rings. The molecule has 0 N–H and O–H groups in total. The second-order valence-corrected chi connectivity index (χ2v) is 30.8. The Morgan fingerprint density at radius 1 is 0.302 bits per heavy atom. The lowest BCUT2D eigenvalue weighted by molar-refractivity contribution is -0.671. The summed E-state index contributed by atoms with van der Waals surface area (Å²) in [7, 11) is 0. The van der Waals surface area contributed by atoms with Crippen LogP contribution in [0.25, 0.3) is 142 Å². The van der Waals surface area contributed by atoms with Gasteiger partial charge in [-0.2, -0.15) is 4.57 Å². The van der Waals surface area contributed by atoms with Crippen molar-refractivity contribution in [3.05, 3.63) is 448 Å². The Morgan fingerprint density at radius 3 is 1.18 bits per heavy atom. The van der Waals surface area contributed by atoms with E-state index in [1.807, 2.05) is 17.5 Å². The minimum Gasteiger partial charge on any atom is -0.311 e. The van der Waals surface area contributed by atoms with Crippen LogP contribution < -0.4 is 14.4 Å². The SMILES string of the molecule is Cc1cc2[n+](cc1-c1ccccc1)Cc1ccccc1-2.Cc1ccc(N(c2ccc(-c3ccccc3)cc2)c2ccc(-c3ccc(N(c4ccc(-c5ccccc5)cc4)c4ccccc4-c4ccccc4)cc3)cc2)cc1.c1ccc2c(c1)c1ccccc1n2-c1ccc2sc3c(-n4c5ccccc5c5ccccc54)nccc3c2c1. The van der Waals surface area contributed by atoms with Crippen molar-refractivity contribution in [2.45, 2.75) is 20.4 Å². The maximum Gasteiger partial charge on any atom is 0.213 e. The van der Waals surface area contributed by atoms with E-state index in [2.05, 4.69) is 462 Å². The summed E-state index contributed by atoms with van der Waals surface area (Å²) < 4.78 is 9.56. The molecule has 6 nitrogen and oxygen atoms in total. The van der Waals surface area contributed by atoms with E-state index in [1.165, 1.54) is 142 Å². The number of rotatable bonds is 13. The molecule has 16 aromatic carbocycles. The van der Waals surface area contributed by atoms with Crippen molar-refractivity contribution in [3.63, 3.8) is 0 Å². The summed E-state index contributed by atoms with van der Waals surface area (Å²) in [5.74, 6) is 0.990. The molecule has 1 aliphatic heterocycles. The van der Waals surface area contributed by atoms with Gasteiger partial charge in [0.25, 0.3) is 0 Å². The van der Waals surface area contributed by atoms with Crippen molar-refractivity contribution in [2.75, 3.05) is 9.80 Å². The lowest BCUT2D eigenvalue weighted by atomic mass is 10.00. The van der Waals surface area contributed by atoms with Gasteiger partial charge in [0.1, 0.15) is 0 Å². The topological polar surface area (TPSA) is 33.1 Å². The molecule has 0 radical (unpaired) electrons. The third kappa shape index (κ3) is 13.3. The van der Waals surface area contributed by atoms with E-state index in [-0.39, 0.29) is 0 Å². The molecule has 1 aliphatic rings. The second-order valence-electron chi connectivity index (χ2n) is 29.7. The largest absolute Gasteiger partial charge is 0.311 e. The molecule has 550 valence electrons. The summed E-state index contributed by atoms with van der Waals surface area (Å²) in [6, 6.07) is 150. The molecule has 0 saturated carbocycles. The van der Waals surface area contributed by atoms with Crippen LogP contribution >= 0.6 is 11.3 Å². The molecule has 0 amide bonds. The maximum atomic E-state index is 4.97. The van der Waals surface area contributed by atoms with E-state index in [0.29, 0.717) is 0 Å². The number of benzene rings is 16. The summed E-state index contributed by atoms with van der Waals surface area (Å²) in [6.45, 7) is 5.31. The van der Waals surface area contributed by atoms with Gasteiger partial charge in [0.15, 0.2) is 18.6 Å². The fourth-order valence-corrected chi connectivity index (χ4v) is 18.1. The highest BCUT2D eigenvalue weighted by molar-refractivity contribution is 7.26. The van der Waals surface area contributed by atoms with Crippen LogP contribution in [0.15, 0.2) is 431 Å². The van der Waals surface area contributed by atoms with E-state index in [9.17, 15) is 0 Å². The van der Waals surface area contributed by atoms with Crippen LogP contribution in [0.2, 0.25) is 0 Å². The maximum absolute atomic E-state index is 4.97. The average Bonchev–Trinajstić information content (AvgIpc) is 1.58. The molecule has 0 bridgehead atoms. The molecule has 22 rings (SSSR count). The van der Waals surface area contributed by atoms with Gasteiger partial charge in [-0.25, -0.2) is 4.98 Å². The van der Waals surface area contributed by atoms with Crippen LogP contribution in [0.4, 0.5) is 34.1 Å². The summed E-state index contributed by atoms with van der Waals surface area (Å²) in [6.07, 6.45) is 4.25. The number of para-hydroxylation sites is 5. The van der Waals surface area contributed by atoms with Crippen molar-refractivity contribution in [2.24, 2.45) is 0 Å². The van der Waals surface area contributed by atoms with Gasteiger partial charge in [0, 0.05) is 100 Å². The quantitative estimate of drug-likeness (QED) is 0.108. The van der Waals surface area contributed by atoms with Crippen LogP contribution in [0.3, 0.4) is 0 Å². The molecule has 0 unspecified atom stereocenters. The first kappa shape index (κ1) is 70.4. The second kappa shape index (κ2) is 30.7. The Bertz CT molecular complexity index is 7030. The van der Waals surface area contributed by atoms with Crippen molar-refractivity contribution in [1.29, 1.82) is 0 Å². The number of thiophene rings is 1. The molecule has 0 aliphatic carbocycles. The zero-order valence-electron chi connectivity index (χ0n) is 64.3. The van der Waals surface area contributed by atoms with Crippen molar-refractivity contribution >= 4 is 109 Å². The molecular formula is C109H79N6S+. The van der Waals surface area contributed by atoms with Gasteiger partial charge in [-0.1, -0.05) is 297 Å². The van der Waals surface area contributed by atoms with Gasteiger partial charge in [-0.3, -0.25) is 4.57 Å². The first-order valence-corrected chi connectivity index (χ1v) is 40.5. The number of aryl methyl sites for hydroxylation is 2. The summed E-state index contributed by atoms with van der Waals surface area (Å²) in [5.41, 5.74) is 31.5. The predicted octanol–water partition coefficient (Wildman–Crippen LogP) is 29.2. The first-order valence-electron chi connectivity index (χ1n) is 39.7. The van der Waals surface area contributed by atoms with Crippen LogP contribution in [0.1, 0.15) is 16.7 Å². The van der Waals surface area contributed by atoms with Gasteiger partial charge in [-0.15, -0.1) is 11.3 Å². The number of anilines is 6. The Morgan fingerprint density at radius 2 is 0.690 bits per heavy atom. The van der Waals surface area contributed by atoms with E-state index in [1.54, 1.807) is 0 Å². The molecule has 6 heterocycles. The Labute approximate surface area is 679 Å². The van der Waals surface area contributed by atoms with Crippen molar-refractivity contribution < 1.29 is 4.57 Å². The first-order chi connectivity index (χ1) is 57.4. The number of hydrogen-bond acceptors (Lipinski definition) is 4. The molecule has 7 heteroatoms. The monoisotopic (exact) mass is 1500 g/mol. The number of nitrogens with zero attached hydrogens (tertiary/aromatic N) is 6. The number of hydrogen-bond donors (Lipinski definition) is 0. The summed E-state index contributed by atoms with van der Waals surface area (Å²) in [5, 5.41) is 7.56. The van der Waals surface area contributed by atoms with Gasteiger partial charge in [0.05, 0.1) is 38.0 Å². The number of aromatic nitrogens is 4. The number of fused-ring (bicyclic) bond motifs is 12. The van der Waals surface area contributed by atoms with Crippen LogP contribution in [-0.2, 0) is 6.54 Å². The zero-order chi connectivity index (χ0) is 77.4. The zero-order valence-corrected chi connectivity index (χ0v) is 65.1. The van der Waals surface area contributed by atoms with Crippen LogP contribution in [-0.4, -0.2) is 14.1 Å². The molecule has 0 atom stereocenters. The minimum atomic E-state index is 0.978. The highest BCUT2D eigenvalue weighted by atomic mass is 32.1. The van der Waals surface area contributed by atoms with Crippen LogP contribution in [0.5, 0.6) is 0 Å². The van der Waals surface area contributed by atoms with Crippen molar-refractivity contribution in [3.8, 4) is 78.4 Å². The highest BCUT2D eigenvalue weighted by Gasteiger charge is 2.28. The normalized spacial score (nSPS) is 11.5. The average molecular weight is 1500 g/mol. The van der Waals surface area contributed by atoms with Gasteiger partial charge in [0.2, 0.25) is 5.69 Å². The van der Waals surface area contributed by atoms with Gasteiger partial charge < -0.3 is 14.4 Å². The predicted molar refractivity (Wildman–Crippen MR) is 489 cm³/mol. The Hall–Kier alpha value is -14.8. The molecule has 116 heavy (non-hydrogen) atoms. The molecular weight excluding hydrogens is 1430 g/mol. The fourth-order valence-electron chi connectivity index (χ4n) is 17.0. The molecule has 5 aromatic heterocycles. The van der Waals surface area contributed by atoms with E-state index >= 15 is 0 Å². The van der Waals surface area contributed by atoms with Gasteiger partial charge in [-0.05, 0) is 185 Å². The lowest BCUT2D eigenvalue weighted by Crippen LogP contribution is -2.32. The van der Waals surface area contributed by atoms with E-state index in [0.717, 1.165) is 57.6 Å². The number of pyridine rings is 2. The molecule has 0 fully saturated rings. The smallest absolute Gasteiger partial charge is 0.213 e. The molecule has 0 saturated heterocycles. The Kier molecular flexibility index (Phi) is 18.6. The van der Waals surface area contributed by atoms with Crippen molar-refractivity contribution in [1.82, 2.24) is 14.1 Å². The highest BCUT2D eigenvalue weighted by Crippen LogP contribution is 2.46. The lowest BCUT2D eigenvalue weighted by Gasteiger charge is -2.28. The summed E-state index contributed by atoms with van der Waals surface area (Å²) >= 11 is 1.82.